The van der Waals surface area contributed by atoms with Crippen molar-refractivity contribution in [3.8, 4) is 0 Å². The molecular formula is C17H24N4O5. The molecular weight excluding hydrogens is 340 g/mol. The number of aliphatic carboxylic acids is 1. The van der Waals surface area contributed by atoms with E-state index < -0.39 is 48.4 Å². The molecule has 1 aromatic carbocycles. The molecule has 0 aliphatic carbocycles. The summed E-state index contributed by atoms with van der Waals surface area (Å²) in [5.74, 6) is -2.90. The standard InChI is InChI=1S/C17H24N4O5/c1-10(15(24)19-9-14(22)23)20-16(25)11(2)21-17(26)13(18)8-12-6-4-3-5-7-12/h3-7,10-11,13H,8-9,18H2,1-2H3,(H,19,24)(H,20,25)(H,21,26)(H,22,23). The van der Waals surface area contributed by atoms with E-state index in [2.05, 4.69) is 16.0 Å². The summed E-state index contributed by atoms with van der Waals surface area (Å²) in [4.78, 5) is 46.2. The molecule has 0 heterocycles. The van der Waals surface area contributed by atoms with E-state index in [-0.39, 0.29) is 0 Å². The number of carboxylic acid groups (broad SMARTS) is 1. The average molecular weight is 364 g/mol. The Hall–Kier alpha value is -2.94. The van der Waals surface area contributed by atoms with Crippen LogP contribution in [0.5, 0.6) is 0 Å². The number of rotatable bonds is 9. The largest absolute Gasteiger partial charge is 0.480 e. The molecule has 0 saturated carbocycles. The number of amides is 3. The van der Waals surface area contributed by atoms with Crippen molar-refractivity contribution in [1.82, 2.24) is 16.0 Å². The van der Waals surface area contributed by atoms with Crippen molar-refractivity contribution in [2.24, 2.45) is 5.73 Å². The summed E-state index contributed by atoms with van der Waals surface area (Å²) >= 11 is 0. The smallest absolute Gasteiger partial charge is 0.322 e. The van der Waals surface area contributed by atoms with E-state index in [1.807, 2.05) is 30.3 Å². The minimum Gasteiger partial charge on any atom is -0.480 e. The summed E-state index contributed by atoms with van der Waals surface area (Å²) < 4.78 is 0. The molecule has 1 aromatic rings. The van der Waals surface area contributed by atoms with Crippen molar-refractivity contribution in [1.29, 1.82) is 0 Å². The Labute approximate surface area is 151 Å². The molecule has 0 aliphatic heterocycles. The minimum atomic E-state index is -1.19. The van der Waals surface area contributed by atoms with Crippen LogP contribution in [-0.4, -0.2) is 53.5 Å². The summed E-state index contributed by atoms with van der Waals surface area (Å²) in [7, 11) is 0. The fourth-order valence-electron chi connectivity index (χ4n) is 2.07. The van der Waals surface area contributed by atoms with Crippen molar-refractivity contribution < 1.29 is 24.3 Å². The number of nitrogens with one attached hydrogen (secondary N) is 3. The number of carbonyl (C=O) groups excluding carboxylic acids is 3. The molecule has 0 saturated heterocycles. The number of carbonyl (C=O) groups is 4. The van der Waals surface area contributed by atoms with Crippen LogP contribution in [0.15, 0.2) is 30.3 Å². The van der Waals surface area contributed by atoms with E-state index in [1.165, 1.54) is 13.8 Å². The Morgan fingerprint density at radius 1 is 0.962 bits per heavy atom. The highest BCUT2D eigenvalue weighted by Gasteiger charge is 2.23. The molecule has 0 fully saturated rings. The second-order valence-corrected chi connectivity index (χ2v) is 5.87. The fourth-order valence-corrected chi connectivity index (χ4v) is 2.07. The van der Waals surface area contributed by atoms with Gasteiger partial charge in [0.05, 0.1) is 6.04 Å². The lowest BCUT2D eigenvalue weighted by molar-refractivity contribution is -0.138. The maximum Gasteiger partial charge on any atom is 0.322 e. The Bertz CT molecular complexity index is 650. The quantitative estimate of drug-likeness (QED) is 0.370. The zero-order valence-corrected chi connectivity index (χ0v) is 14.7. The van der Waals surface area contributed by atoms with Crippen LogP contribution in [-0.2, 0) is 25.6 Å². The van der Waals surface area contributed by atoms with Crippen molar-refractivity contribution >= 4 is 23.7 Å². The molecule has 9 heteroatoms. The Balaban J connectivity index is 2.46. The summed E-state index contributed by atoms with van der Waals surface area (Å²) in [6.45, 7) is 2.33. The molecule has 9 nitrogen and oxygen atoms in total. The van der Waals surface area contributed by atoms with Crippen molar-refractivity contribution in [3.63, 3.8) is 0 Å². The summed E-state index contributed by atoms with van der Waals surface area (Å²) in [5, 5.41) is 15.6. The average Bonchev–Trinajstić information content (AvgIpc) is 2.60. The van der Waals surface area contributed by atoms with Gasteiger partial charge in [0.25, 0.3) is 0 Å². The lowest BCUT2D eigenvalue weighted by Gasteiger charge is -2.19. The number of hydrogen-bond acceptors (Lipinski definition) is 5. The zero-order chi connectivity index (χ0) is 19.7. The molecule has 3 unspecified atom stereocenters. The first-order valence-electron chi connectivity index (χ1n) is 8.10. The van der Waals surface area contributed by atoms with E-state index in [0.29, 0.717) is 6.42 Å². The lowest BCUT2D eigenvalue weighted by atomic mass is 10.1. The van der Waals surface area contributed by atoms with Gasteiger partial charge in [0, 0.05) is 0 Å². The monoisotopic (exact) mass is 364 g/mol. The van der Waals surface area contributed by atoms with Gasteiger partial charge in [0.15, 0.2) is 0 Å². The van der Waals surface area contributed by atoms with Gasteiger partial charge in [-0.25, -0.2) is 0 Å². The van der Waals surface area contributed by atoms with Crippen molar-refractivity contribution in [2.75, 3.05) is 6.54 Å². The van der Waals surface area contributed by atoms with Crippen LogP contribution in [0.2, 0.25) is 0 Å². The molecule has 3 amide bonds. The number of hydrogen-bond donors (Lipinski definition) is 5. The molecule has 26 heavy (non-hydrogen) atoms. The predicted molar refractivity (Wildman–Crippen MR) is 94.0 cm³/mol. The Morgan fingerprint density at radius 3 is 2.08 bits per heavy atom. The number of benzene rings is 1. The third-order valence-corrected chi connectivity index (χ3v) is 3.55. The Kier molecular flexibility index (Phi) is 8.23. The maximum atomic E-state index is 12.1. The number of carboxylic acids is 1. The molecule has 0 aromatic heterocycles. The minimum absolute atomic E-state index is 0.328. The third kappa shape index (κ3) is 7.31. The fraction of sp³-hybridized carbons (Fsp3) is 0.412. The van der Waals surface area contributed by atoms with Gasteiger partial charge in [0.2, 0.25) is 17.7 Å². The molecule has 0 bridgehead atoms. The van der Waals surface area contributed by atoms with Crippen LogP contribution in [0.3, 0.4) is 0 Å². The van der Waals surface area contributed by atoms with Gasteiger partial charge in [0.1, 0.15) is 18.6 Å². The van der Waals surface area contributed by atoms with Gasteiger partial charge in [-0.2, -0.15) is 0 Å². The van der Waals surface area contributed by atoms with Crippen LogP contribution in [0.1, 0.15) is 19.4 Å². The SMILES string of the molecule is CC(NC(=O)C(N)Cc1ccccc1)C(=O)NC(C)C(=O)NCC(=O)O. The van der Waals surface area contributed by atoms with Crippen molar-refractivity contribution in [3.05, 3.63) is 35.9 Å². The summed E-state index contributed by atoms with van der Waals surface area (Å²) in [6, 6.07) is 6.57. The molecule has 142 valence electrons. The van der Waals surface area contributed by atoms with Gasteiger partial charge in [-0.3, -0.25) is 19.2 Å². The Morgan fingerprint density at radius 2 is 1.50 bits per heavy atom. The third-order valence-electron chi connectivity index (χ3n) is 3.55. The van der Waals surface area contributed by atoms with Gasteiger partial charge >= 0.3 is 5.97 Å². The molecule has 0 aliphatic rings. The van der Waals surface area contributed by atoms with Crippen LogP contribution >= 0.6 is 0 Å². The first-order valence-corrected chi connectivity index (χ1v) is 8.10. The van der Waals surface area contributed by atoms with Gasteiger partial charge in [-0.05, 0) is 25.8 Å². The molecule has 1 rings (SSSR count). The van der Waals surface area contributed by atoms with Gasteiger partial charge in [-0.15, -0.1) is 0 Å². The van der Waals surface area contributed by atoms with Crippen LogP contribution < -0.4 is 21.7 Å². The van der Waals surface area contributed by atoms with E-state index in [0.717, 1.165) is 5.56 Å². The zero-order valence-electron chi connectivity index (χ0n) is 14.7. The number of nitrogens with two attached hydrogens (primary N) is 1. The topological polar surface area (TPSA) is 151 Å². The summed E-state index contributed by atoms with van der Waals surface area (Å²) in [6.07, 6.45) is 0.328. The highest BCUT2D eigenvalue weighted by Crippen LogP contribution is 2.02. The van der Waals surface area contributed by atoms with Gasteiger partial charge < -0.3 is 26.8 Å². The van der Waals surface area contributed by atoms with Crippen LogP contribution in [0.25, 0.3) is 0 Å². The van der Waals surface area contributed by atoms with Gasteiger partial charge in [-0.1, -0.05) is 30.3 Å². The highest BCUT2D eigenvalue weighted by atomic mass is 16.4. The highest BCUT2D eigenvalue weighted by molar-refractivity contribution is 5.93. The van der Waals surface area contributed by atoms with Crippen molar-refractivity contribution in [2.45, 2.75) is 38.4 Å². The molecule has 0 radical (unpaired) electrons. The van der Waals surface area contributed by atoms with E-state index in [9.17, 15) is 19.2 Å². The van der Waals surface area contributed by atoms with E-state index >= 15 is 0 Å². The first kappa shape index (κ1) is 21.1. The maximum absolute atomic E-state index is 12.1. The normalized spacial score (nSPS) is 13.8. The molecule has 0 spiro atoms. The second-order valence-electron chi connectivity index (χ2n) is 5.87. The lowest BCUT2D eigenvalue weighted by Crippen LogP contribution is -2.54. The van der Waals surface area contributed by atoms with E-state index in [4.69, 9.17) is 10.8 Å². The van der Waals surface area contributed by atoms with Crippen LogP contribution in [0.4, 0.5) is 0 Å². The molecule has 6 N–H and O–H groups in total. The first-order chi connectivity index (χ1) is 12.2. The molecule has 3 atom stereocenters. The van der Waals surface area contributed by atoms with E-state index in [1.54, 1.807) is 0 Å². The summed E-state index contributed by atoms with van der Waals surface area (Å²) in [5.41, 5.74) is 6.75. The van der Waals surface area contributed by atoms with Crippen LogP contribution in [0, 0.1) is 0 Å². The second kappa shape index (κ2) is 10.1. The predicted octanol–water partition coefficient (Wildman–Crippen LogP) is -1.23.